The minimum atomic E-state index is -0.987. The average molecular weight is 418 g/mol. The highest BCUT2D eigenvalue weighted by Gasteiger charge is 2.51. The summed E-state index contributed by atoms with van der Waals surface area (Å²) in [4.78, 5) is 38.7. The lowest BCUT2D eigenvalue weighted by molar-refractivity contribution is -0.159. The number of esters is 1. The van der Waals surface area contributed by atoms with Gasteiger partial charge < -0.3 is 9.15 Å². The van der Waals surface area contributed by atoms with Crippen LogP contribution < -0.4 is 0 Å². The number of aromatic nitrogens is 2. The maximum Gasteiger partial charge on any atom is 0.329 e. The van der Waals surface area contributed by atoms with Crippen LogP contribution in [0.25, 0.3) is 11.5 Å². The minimum absolute atomic E-state index is 0.114. The lowest BCUT2D eigenvalue weighted by atomic mass is 9.81. The second kappa shape index (κ2) is 7.94. The molecule has 0 radical (unpaired) electrons. The fourth-order valence-electron chi connectivity index (χ4n) is 3.95. The van der Waals surface area contributed by atoms with Gasteiger partial charge in [-0.3, -0.25) is 14.5 Å². The van der Waals surface area contributed by atoms with Crippen molar-refractivity contribution in [3.05, 3.63) is 35.2 Å². The van der Waals surface area contributed by atoms with Crippen LogP contribution in [0.4, 0.5) is 0 Å². The molecule has 1 saturated carbocycles. The van der Waals surface area contributed by atoms with E-state index in [2.05, 4.69) is 10.2 Å². The van der Waals surface area contributed by atoms with Crippen molar-refractivity contribution < 1.29 is 23.5 Å². The van der Waals surface area contributed by atoms with Crippen molar-refractivity contribution in [3.8, 4) is 11.5 Å². The Kier molecular flexibility index (Phi) is 5.36. The zero-order chi connectivity index (χ0) is 20.5. The van der Waals surface area contributed by atoms with Crippen molar-refractivity contribution in [2.75, 3.05) is 0 Å². The fourth-order valence-corrected chi connectivity index (χ4v) is 4.08. The number of carbonyl (C=O) groups excluding carboxylic acids is 3. The largest absolute Gasteiger partial charge is 0.454 e. The van der Waals surface area contributed by atoms with Crippen LogP contribution in [0.15, 0.2) is 28.7 Å². The first-order valence-electron chi connectivity index (χ1n) is 9.57. The third-order valence-electron chi connectivity index (χ3n) is 5.50. The minimum Gasteiger partial charge on any atom is -0.454 e. The van der Waals surface area contributed by atoms with Gasteiger partial charge in [-0.25, -0.2) is 4.79 Å². The summed E-state index contributed by atoms with van der Waals surface area (Å²) in [6.07, 6.45) is 3.26. The summed E-state index contributed by atoms with van der Waals surface area (Å²) in [6.45, 7) is 1.26. The van der Waals surface area contributed by atoms with Crippen LogP contribution in [0.3, 0.4) is 0 Å². The molecule has 0 N–H and O–H groups in total. The molecule has 3 atom stereocenters. The lowest BCUT2D eigenvalue weighted by Crippen LogP contribution is -2.44. The monoisotopic (exact) mass is 417 g/mol. The number of hydrogen-bond donors (Lipinski definition) is 0. The first-order chi connectivity index (χ1) is 14.0. The third-order valence-corrected chi connectivity index (χ3v) is 5.75. The van der Waals surface area contributed by atoms with Gasteiger partial charge in [0.25, 0.3) is 5.89 Å². The van der Waals surface area contributed by atoms with E-state index in [0.29, 0.717) is 23.4 Å². The van der Waals surface area contributed by atoms with Gasteiger partial charge in [0.1, 0.15) is 6.04 Å². The summed E-state index contributed by atoms with van der Waals surface area (Å²) in [5.74, 6) is -1.44. The van der Waals surface area contributed by atoms with Crippen molar-refractivity contribution in [2.45, 2.75) is 45.3 Å². The average Bonchev–Trinajstić information content (AvgIpc) is 3.30. The number of rotatable bonds is 5. The van der Waals surface area contributed by atoms with Crippen LogP contribution in [-0.2, 0) is 25.7 Å². The van der Waals surface area contributed by atoms with Gasteiger partial charge in [0.05, 0.1) is 11.8 Å². The Balaban J connectivity index is 1.38. The Morgan fingerprint density at radius 3 is 2.41 bits per heavy atom. The fraction of sp³-hybridized carbons (Fsp3) is 0.450. The first kappa shape index (κ1) is 19.6. The topological polar surface area (TPSA) is 103 Å². The number of fused-ring (bicyclic) bond motifs is 1. The second-order valence-electron chi connectivity index (χ2n) is 7.34. The van der Waals surface area contributed by atoms with Crippen LogP contribution in [0.2, 0.25) is 5.02 Å². The van der Waals surface area contributed by atoms with E-state index in [1.54, 1.807) is 24.3 Å². The predicted octanol–water partition coefficient (Wildman–Crippen LogP) is 3.00. The van der Waals surface area contributed by atoms with Gasteiger partial charge in [-0.05, 0) is 44.0 Å². The van der Waals surface area contributed by atoms with Crippen molar-refractivity contribution in [3.63, 3.8) is 0 Å². The van der Waals surface area contributed by atoms with Gasteiger partial charge in [-0.1, -0.05) is 24.4 Å². The molecule has 29 heavy (non-hydrogen) atoms. The molecule has 1 aromatic heterocycles. The Morgan fingerprint density at radius 2 is 1.79 bits per heavy atom. The molecule has 152 valence electrons. The van der Waals surface area contributed by atoms with Gasteiger partial charge in [-0.15, -0.1) is 10.2 Å². The molecular weight excluding hydrogens is 398 g/mol. The van der Waals surface area contributed by atoms with E-state index < -0.39 is 12.0 Å². The Bertz CT molecular complexity index is 918. The molecule has 3 unspecified atom stereocenters. The van der Waals surface area contributed by atoms with Crippen LogP contribution >= 0.6 is 11.6 Å². The second-order valence-corrected chi connectivity index (χ2v) is 7.77. The summed E-state index contributed by atoms with van der Waals surface area (Å²) in [6, 6.07) is 5.88. The van der Waals surface area contributed by atoms with Crippen molar-refractivity contribution in [1.29, 1.82) is 0 Å². The highest BCUT2D eigenvalue weighted by atomic mass is 35.5. The molecule has 8 nitrogen and oxygen atoms in total. The number of amides is 2. The Hall–Kier alpha value is -2.74. The molecule has 9 heteroatoms. The highest BCUT2D eigenvalue weighted by molar-refractivity contribution is 6.30. The van der Waals surface area contributed by atoms with E-state index in [0.717, 1.165) is 17.7 Å². The molecule has 2 aliphatic rings. The summed E-state index contributed by atoms with van der Waals surface area (Å²) in [7, 11) is 0. The van der Waals surface area contributed by atoms with Crippen molar-refractivity contribution in [1.82, 2.24) is 15.1 Å². The van der Waals surface area contributed by atoms with E-state index in [1.807, 2.05) is 0 Å². The van der Waals surface area contributed by atoms with Gasteiger partial charge in [-0.2, -0.15) is 0 Å². The van der Waals surface area contributed by atoms with E-state index in [1.165, 1.54) is 6.92 Å². The molecule has 1 aliphatic heterocycles. The number of ether oxygens (including phenoxy) is 1. The first-order valence-corrected chi connectivity index (χ1v) is 9.95. The Morgan fingerprint density at radius 1 is 1.17 bits per heavy atom. The zero-order valence-electron chi connectivity index (χ0n) is 15.8. The maximum atomic E-state index is 12.6. The highest BCUT2D eigenvalue weighted by Crippen LogP contribution is 2.39. The quantitative estimate of drug-likeness (QED) is 0.544. The summed E-state index contributed by atoms with van der Waals surface area (Å²) in [5.41, 5.74) is 0.684. The molecule has 1 aliphatic carbocycles. The predicted molar refractivity (Wildman–Crippen MR) is 101 cm³/mol. The number of halogens is 1. The summed E-state index contributed by atoms with van der Waals surface area (Å²) in [5, 5.41) is 8.36. The summed E-state index contributed by atoms with van der Waals surface area (Å²) < 4.78 is 10.7. The van der Waals surface area contributed by atoms with Gasteiger partial charge >= 0.3 is 5.97 Å². The van der Waals surface area contributed by atoms with Gasteiger partial charge in [0.2, 0.25) is 17.7 Å². The number of carbonyl (C=O) groups is 3. The van der Waals surface area contributed by atoms with Crippen LogP contribution in [0.5, 0.6) is 0 Å². The summed E-state index contributed by atoms with van der Waals surface area (Å²) >= 11 is 5.86. The molecule has 2 amide bonds. The number of likely N-dealkylation sites (tertiary alicyclic amines) is 1. The normalized spacial score (nSPS) is 22.5. The van der Waals surface area contributed by atoms with Crippen LogP contribution in [-0.4, -0.2) is 38.9 Å². The molecule has 2 fully saturated rings. The molecule has 0 spiro atoms. The number of imide groups is 1. The van der Waals surface area contributed by atoms with Gasteiger partial charge in [0, 0.05) is 10.6 Å². The number of hydrogen-bond acceptors (Lipinski definition) is 7. The smallest absolute Gasteiger partial charge is 0.329 e. The third kappa shape index (κ3) is 3.76. The van der Waals surface area contributed by atoms with Gasteiger partial charge in [0.15, 0.2) is 6.61 Å². The lowest BCUT2D eigenvalue weighted by Gasteiger charge is -2.21. The van der Waals surface area contributed by atoms with Crippen LogP contribution in [0.1, 0.15) is 38.5 Å². The molecule has 1 saturated heterocycles. The van der Waals surface area contributed by atoms with E-state index in [-0.39, 0.29) is 42.0 Å². The van der Waals surface area contributed by atoms with Crippen molar-refractivity contribution >= 4 is 29.4 Å². The number of benzene rings is 1. The van der Waals surface area contributed by atoms with E-state index in [9.17, 15) is 14.4 Å². The van der Waals surface area contributed by atoms with E-state index in [4.69, 9.17) is 20.8 Å². The Labute approximate surface area is 172 Å². The molecule has 1 aromatic carbocycles. The van der Waals surface area contributed by atoms with Crippen LogP contribution in [0, 0.1) is 11.8 Å². The molecule has 0 bridgehead atoms. The molecule has 4 rings (SSSR count). The SMILES string of the molecule is CC(C(=O)OCc1nnc(-c2ccc(Cl)cc2)o1)N1C(=O)C2CCCCC2C1=O. The molecular formula is C20H20ClN3O5. The van der Waals surface area contributed by atoms with E-state index >= 15 is 0 Å². The maximum absolute atomic E-state index is 12.6. The molecule has 2 aromatic rings. The van der Waals surface area contributed by atoms with Crippen molar-refractivity contribution in [2.24, 2.45) is 11.8 Å². The zero-order valence-corrected chi connectivity index (χ0v) is 16.6. The number of nitrogens with zero attached hydrogens (tertiary/aromatic N) is 3. The molecule has 2 heterocycles. The standard InChI is InChI=1S/C20H20ClN3O5/c1-11(24-18(25)14-4-2-3-5-15(14)19(24)26)20(27)28-10-16-22-23-17(29-16)12-6-8-13(21)9-7-12/h6-9,11,14-15H,2-5,10H2,1H3.